The van der Waals surface area contributed by atoms with Crippen LogP contribution < -0.4 is 5.73 Å². The van der Waals surface area contributed by atoms with E-state index in [0.29, 0.717) is 23.8 Å². The number of carboxylic acids is 1. The van der Waals surface area contributed by atoms with E-state index in [9.17, 15) is 9.90 Å². The zero-order valence-corrected chi connectivity index (χ0v) is 16.4. The summed E-state index contributed by atoms with van der Waals surface area (Å²) >= 11 is 0. The number of aromatic nitrogens is 4. The fourth-order valence-corrected chi connectivity index (χ4v) is 3.18. The first-order chi connectivity index (χ1) is 14.5. The van der Waals surface area contributed by atoms with Crippen LogP contribution in [0, 0.1) is 6.92 Å². The summed E-state index contributed by atoms with van der Waals surface area (Å²) in [5.41, 5.74) is 9.70. The minimum absolute atomic E-state index is 0.279. The Morgan fingerprint density at radius 1 is 1.20 bits per heavy atom. The maximum atomic E-state index is 11.8. The Morgan fingerprint density at radius 3 is 2.70 bits per heavy atom. The zero-order valence-electron chi connectivity index (χ0n) is 16.4. The molecule has 0 aliphatic rings. The summed E-state index contributed by atoms with van der Waals surface area (Å²) < 4.78 is 7.24. The number of aryl methyl sites for hydroxylation is 1. The quantitative estimate of drug-likeness (QED) is 0.486. The minimum Gasteiger partial charge on any atom is -0.481 e. The number of carboxylic acid groups (broad SMARTS) is 1. The third kappa shape index (κ3) is 4.38. The van der Waals surface area contributed by atoms with Crippen LogP contribution in [-0.4, -0.2) is 30.8 Å². The van der Waals surface area contributed by atoms with E-state index in [0.717, 1.165) is 16.8 Å². The van der Waals surface area contributed by atoms with Gasteiger partial charge in [-0.1, -0.05) is 41.1 Å². The van der Waals surface area contributed by atoms with E-state index in [2.05, 4.69) is 15.1 Å². The minimum atomic E-state index is -0.944. The lowest BCUT2D eigenvalue weighted by molar-refractivity contribution is -0.138. The topological polar surface area (TPSA) is 120 Å². The summed E-state index contributed by atoms with van der Waals surface area (Å²) in [6, 6.07) is 13.3. The molecule has 1 aromatic carbocycles. The molecule has 0 fully saturated rings. The van der Waals surface area contributed by atoms with E-state index >= 15 is 0 Å². The Balaban J connectivity index is 1.48. The maximum Gasteiger partial charge on any atom is 0.312 e. The molecule has 0 saturated heterocycles. The Labute approximate surface area is 173 Å². The zero-order chi connectivity index (χ0) is 21.1. The molecule has 3 N–H and O–H groups in total. The molecule has 152 valence electrons. The van der Waals surface area contributed by atoms with E-state index in [1.165, 1.54) is 5.56 Å². The lowest BCUT2D eigenvalue weighted by Crippen LogP contribution is -2.15. The van der Waals surface area contributed by atoms with Crippen molar-refractivity contribution in [3.05, 3.63) is 83.7 Å². The molecule has 1 unspecified atom stereocenters. The number of nitrogen functional groups attached to an aromatic ring is 1. The molecule has 3 heterocycles. The van der Waals surface area contributed by atoms with E-state index < -0.39 is 11.9 Å². The average molecular weight is 403 g/mol. The molecule has 4 aromatic rings. The van der Waals surface area contributed by atoms with E-state index in [1.54, 1.807) is 35.4 Å². The summed E-state index contributed by atoms with van der Waals surface area (Å²) in [7, 11) is 0. The monoisotopic (exact) mass is 403 g/mol. The van der Waals surface area contributed by atoms with Crippen LogP contribution in [0.25, 0.3) is 11.3 Å². The Bertz CT molecular complexity index is 1150. The molecule has 0 spiro atoms. The smallest absolute Gasteiger partial charge is 0.312 e. The highest BCUT2D eigenvalue weighted by Gasteiger charge is 2.23. The van der Waals surface area contributed by atoms with Crippen LogP contribution in [0.4, 0.5) is 5.82 Å². The number of benzene rings is 1. The van der Waals surface area contributed by atoms with Crippen molar-refractivity contribution in [3.63, 3.8) is 0 Å². The van der Waals surface area contributed by atoms with Gasteiger partial charge in [0.2, 0.25) is 0 Å². The number of nitrogens with two attached hydrogens (primary N) is 1. The molecule has 8 heteroatoms. The Hall–Kier alpha value is -3.94. The van der Waals surface area contributed by atoms with Crippen molar-refractivity contribution in [3.8, 4) is 11.3 Å². The second-order valence-corrected chi connectivity index (χ2v) is 7.21. The van der Waals surface area contributed by atoms with Crippen molar-refractivity contribution in [1.29, 1.82) is 0 Å². The van der Waals surface area contributed by atoms with Crippen LogP contribution in [0.5, 0.6) is 0 Å². The predicted octanol–water partition coefficient (Wildman–Crippen LogP) is 3.28. The highest BCUT2D eigenvalue weighted by atomic mass is 16.5. The number of imidazole rings is 1. The van der Waals surface area contributed by atoms with Crippen LogP contribution in [-0.2, 0) is 17.8 Å². The number of hydrogen-bond acceptors (Lipinski definition) is 6. The van der Waals surface area contributed by atoms with Gasteiger partial charge >= 0.3 is 5.97 Å². The van der Waals surface area contributed by atoms with Crippen molar-refractivity contribution in [1.82, 2.24) is 19.7 Å². The molecule has 4 rings (SSSR count). The highest BCUT2D eigenvalue weighted by Crippen LogP contribution is 2.23. The average Bonchev–Trinajstić information content (AvgIpc) is 3.38. The van der Waals surface area contributed by atoms with Crippen LogP contribution in [0.1, 0.15) is 28.4 Å². The molecule has 0 saturated carbocycles. The van der Waals surface area contributed by atoms with Gasteiger partial charge in [0.25, 0.3) is 0 Å². The van der Waals surface area contributed by atoms with Crippen molar-refractivity contribution in [2.24, 2.45) is 0 Å². The van der Waals surface area contributed by atoms with Gasteiger partial charge in [-0.25, -0.2) is 9.97 Å². The SMILES string of the molecule is Cc1ccc(-c2cc(Cn3cnc(C(Cc4ccc(N)nc4)C(=O)O)c3)no2)cc1. The van der Waals surface area contributed by atoms with Gasteiger partial charge < -0.3 is 19.9 Å². The molecule has 0 aliphatic heterocycles. The van der Waals surface area contributed by atoms with Crippen LogP contribution in [0.3, 0.4) is 0 Å². The fraction of sp³-hybridized carbons (Fsp3) is 0.182. The third-order valence-electron chi connectivity index (χ3n) is 4.84. The fourth-order valence-electron chi connectivity index (χ4n) is 3.18. The molecule has 1 atom stereocenters. The number of rotatable bonds is 7. The number of nitrogens with zero attached hydrogens (tertiary/aromatic N) is 4. The van der Waals surface area contributed by atoms with E-state index in [1.807, 2.05) is 37.3 Å². The molecule has 0 bridgehead atoms. The van der Waals surface area contributed by atoms with E-state index in [4.69, 9.17) is 10.3 Å². The molecular weight excluding hydrogens is 382 g/mol. The number of hydrogen-bond donors (Lipinski definition) is 2. The Kier molecular flexibility index (Phi) is 5.30. The molecule has 30 heavy (non-hydrogen) atoms. The highest BCUT2D eigenvalue weighted by molar-refractivity contribution is 5.75. The van der Waals surface area contributed by atoms with Gasteiger partial charge in [-0.05, 0) is 25.0 Å². The molecule has 3 aromatic heterocycles. The molecule has 0 aliphatic carbocycles. The van der Waals surface area contributed by atoms with Gasteiger partial charge in [-0.3, -0.25) is 4.79 Å². The number of carbonyl (C=O) groups is 1. The number of anilines is 1. The van der Waals surface area contributed by atoms with Crippen LogP contribution in [0.15, 0.2) is 65.7 Å². The van der Waals surface area contributed by atoms with Gasteiger partial charge in [0, 0.05) is 24.0 Å². The van der Waals surface area contributed by atoms with Gasteiger partial charge in [0.1, 0.15) is 17.4 Å². The van der Waals surface area contributed by atoms with Crippen molar-refractivity contribution in [2.45, 2.75) is 25.8 Å². The molecule has 0 amide bonds. The van der Waals surface area contributed by atoms with Gasteiger partial charge in [-0.2, -0.15) is 0 Å². The summed E-state index contributed by atoms with van der Waals surface area (Å²) in [6.07, 6.45) is 5.20. The molecular formula is C22H21N5O3. The third-order valence-corrected chi connectivity index (χ3v) is 4.84. The van der Waals surface area contributed by atoms with Gasteiger partial charge in [-0.15, -0.1) is 0 Å². The summed E-state index contributed by atoms with van der Waals surface area (Å²) in [5, 5.41) is 13.8. The normalized spacial score (nSPS) is 12.0. The lowest BCUT2D eigenvalue weighted by Gasteiger charge is -2.09. The Morgan fingerprint density at radius 2 is 2.00 bits per heavy atom. The number of aliphatic carboxylic acids is 1. The van der Waals surface area contributed by atoms with Crippen LogP contribution in [0.2, 0.25) is 0 Å². The summed E-state index contributed by atoms with van der Waals surface area (Å²) in [4.78, 5) is 20.1. The maximum absolute atomic E-state index is 11.8. The summed E-state index contributed by atoms with van der Waals surface area (Å²) in [6.45, 7) is 2.46. The first kappa shape index (κ1) is 19.4. The predicted molar refractivity (Wildman–Crippen MR) is 111 cm³/mol. The van der Waals surface area contributed by atoms with Crippen molar-refractivity contribution >= 4 is 11.8 Å². The lowest BCUT2D eigenvalue weighted by atomic mass is 9.98. The second-order valence-electron chi connectivity index (χ2n) is 7.21. The van der Waals surface area contributed by atoms with Crippen molar-refractivity contribution < 1.29 is 14.4 Å². The second kappa shape index (κ2) is 8.20. The van der Waals surface area contributed by atoms with Crippen LogP contribution >= 0.6 is 0 Å². The standard InChI is InChI=1S/C22H21N5O3/c1-14-2-5-16(6-3-14)20-9-17(26-30-20)11-27-12-19(25-13-27)18(22(28)29)8-15-4-7-21(23)24-10-15/h2-7,9-10,12-13,18H,8,11H2,1H3,(H2,23,24)(H,28,29). The first-order valence-corrected chi connectivity index (χ1v) is 9.45. The summed E-state index contributed by atoms with van der Waals surface area (Å²) in [5.74, 6) is -0.644. The largest absolute Gasteiger partial charge is 0.481 e. The van der Waals surface area contributed by atoms with Gasteiger partial charge in [0.05, 0.1) is 18.6 Å². The van der Waals surface area contributed by atoms with Gasteiger partial charge in [0.15, 0.2) is 5.76 Å². The van der Waals surface area contributed by atoms with E-state index in [-0.39, 0.29) is 6.42 Å². The van der Waals surface area contributed by atoms with Crippen molar-refractivity contribution in [2.75, 3.05) is 5.73 Å². The number of pyridine rings is 1. The first-order valence-electron chi connectivity index (χ1n) is 9.45. The molecule has 0 radical (unpaired) electrons. The molecule has 8 nitrogen and oxygen atoms in total.